The average molecular weight is 287 g/mol. The smallest absolute Gasteiger partial charge is 0.315 e. The van der Waals surface area contributed by atoms with E-state index in [1.165, 1.54) is 6.07 Å². The maximum absolute atomic E-state index is 11.1. The van der Waals surface area contributed by atoms with Gasteiger partial charge in [-0.2, -0.15) is 0 Å². The first-order valence-electron chi connectivity index (χ1n) is 6.64. The molecule has 0 spiro atoms. The van der Waals surface area contributed by atoms with Crippen LogP contribution in [0.15, 0.2) is 42.5 Å². The summed E-state index contributed by atoms with van der Waals surface area (Å²) in [5.74, 6) is 0.768. The third-order valence-electron chi connectivity index (χ3n) is 2.86. The van der Waals surface area contributed by atoms with E-state index in [0.29, 0.717) is 12.3 Å². The van der Waals surface area contributed by atoms with E-state index >= 15 is 0 Å². The standard InChI is InChI=1S/C15H17N3O3/c1-2-10-21-12-8-6-11(7-9-12)17-14-5-3-4-13(16)15(14)18(19)20/h3-9,17H,2,10,16H2,1H3. The Labute approximate surface area is 122 Å². The summed E-state index contributed by atoms with van der Waals surface area (Å²) >= 11 is 0. The molecule has 0 bridgehead atoms. The van der Waals surface area contributed by atoms with Crippen LogP contribution in [0.2, 0.25) is 0 Å². The van der Waals surface area contributed by atoms with Crippen LogP contribution in [-0.2, 0) is 0 Å². The van der Waals surface area contributed by atoms with Gasteiger partial charge in [0.1, 0.15) is 17.1 Å². The van der Waals surface area contributed by atoms with Gasteiger partial charge in [0.15, 0.2) is 0 Å². The molecule has 0 fully saturated rings. The molecule has 2 aromatic carbocycles. The van der Waals surface area contributed by atoms with Crippen LogP contribution in [0.5, 0.6) is 5.75 Å². The van der Waals surface area contributed by atoms with Gasteiger partial charge >= 0.3 is 5.69 Å². The average Bonchev–Trinajstić information content (AvgIpc) is 2.46. The van der Waals surface area contributed by atoms with Gasteiger partial charge in [-0.3, -0.25) is 10.1 Å². The van der Waals surface area contributed by atoms with E-state index in [2.05, 4.69) is 5.32 Å². The fourth-order valence-electron chi connectivity index (χ4n) is 1.88. The van der Waals surface area contributed by atoms with E-state index in [0.717, 1.165) is 17.9 Å². The maximum atomic E-state index is 11.1. The van der Waals surface area contributed by atoms with Gasteiger partial charge in [0.2, 0.25) is 0 Å². The Morgan fingerprint density at radius 2 is 1.95 bits per heavy atom. The summed E-state index contributed by atoms with van der Waals surface area (Å²) < 4.78 is 5.49. The molecule has 0 unspecified atom stereocenters. The minimum absolute atomic E-state index is 0.121. The second-order valence-electron chi connectivity index (χ2n) is 4.50. The summed E-state index contributed by atoms with van der Waals surface area (Å²) in [5, 5.41) is 14.1. The Morgan fingerprint density at radius 3 is 2.57 bits per heavy atom. The lowest BCUT2D eigenvalue weighted by Gasteiger charge is -2.09. The largest absolute Gasteiger partial charge is 0.494 e. The molecule has 0 amide bonds. The minimum Gasteiger partial charge on any atom is -0.494 e. The molecule has 2 rings (SSSR count). The maximum Gasteiger partial charge on any atom is 0.315 e. The Kier molecular flexibility index (Phi) is 4.61. The van der Waals surface area contributed by atoms with Gasteiger partial charge in [-0.25, -0.2) is 0 Å². The number of nitrogens with one attached hydrogen (secondary N) is 1. The molecule has 0 aliphatic carbocycles. The molecule has 0 radical (unpaired) electrons. The number of benzene rings is 2. The van der Waals surface area contributed by atoms with E-state index in [4.69, 9.17) is 10.5 Å². The van der Waals surface area contributed by atoms with Crippen LogP contribution >= 0.6 is 0 Å². The topological polar surface area (TPSA) is 90.4 Å². The molecule has 6 nitrogen and oxygen atoms in total. The van der Waals surface area contributed by atoms with Crippen molar-refractivity contribution in [3.63, 3.8) is 0 Å². The van der Waals surface area contributed by atoms with Gasteiger partial charge in [0.05, 0.1) is 11.5 Å². The number of nitro groups is 1. The zero-order valence-electron chi connectivity index (χ0n) is 11.7. The van der Waals surface area contributed by atoms with Gasteiger partial charge in [-0.15, -0.1) is 0 Å². The highest BCUT2D eigenvalue weighted by molar-refractivity contribution is 5.78. The predicted molar refractivity (Wildman–Crippen MR) is 83.0 cm³/mol. The monoisotopic (exact) mass is 287 g/mol. The van der Waals surface area contributed by atoms with Crippen molar-refractivity contribution in [3.8, 4) is 5.75 Å². The Morgan fingerprint density at radius 1 is 1.24 bits per heavy atom. The number of nitrogen functional groups attached to an aromatic ring is 1. The van der Waals surface area contributed by atoms with Gasteiger partial charge < -0.3 is 15.8 Å². The van der Waals surface area contributed by atoms with E-state index < -0.39 is 4.92 Å². The molecule has 110 valence electrons. The number of hydrogen-bond acceptors (Lipinski definition) is 5. The summed E-state index contributed by atoms with van der Waals surface area (Å²) in [7, 11) is 0. The molecule has 6 heteroatoms. The number of ether oxygens (including phenoxy) is 1. The van der Waals surface area contributed by atoms with Crippen LogP contribution in [0.1, 0.15) is 13.3 Å². The summed E-state index contributed by atoms with van der Waals surface area (Å²) in [6.07, 6.45) is 0.940. The highest BCUT2D eigenvalue weighted by Crippen LogP contribution is 2.33. The Balaban J connectivity index is 2.19. The van der Waals surface area contributed by atoms with Crippen molar-refractivity contribution in [2.24, 2.45) is 0 Å². The summed E-state index contributed by atoms with van der Waals surface area (Å²) in [6.45, 7) is 2.70. The first-order valence-corrected chi connectivity index (χ1v) is 6.64. The summed E-state index contributed by atoms with van der Waals surface area (Å²) in [6, 6.07) is 12.0. The molecule has 0 saturated heterocycles. The van der Waals surface area contributed by atoms with Crippen molar-refractivity contribution in [2.45, 2.75) is 13.3 Å². The third-order valence-corrected chi connectivity index (χ3v) is 2.86. The number of nitrogens with two attached hydrogens (primary N) is 1. The van der Waals surface area contributed by atoms with Gasteiger partial charge in [-0.1, -0.05) is 13.0 Å². The van der Waals surface area contributed by atoms with Crippen molar-refractivity contribution in [1.29, 1.82) is 0 Å². The van der Waals surface area contributed by atoms with Crippen LogP contribution in [0.4, 0.5) is 22.7 Å². The Bertz CT molecular complexity index is 627. The molecule has 0 aromatic heterocycles. The molecule has 0 saturated carbocycles. The lowest BCUT2D eigenvalue weighted by molar-refractivity contribution is -0.383. The fraction of sp³-hybridized carbons (Fsp3) is 0.200. The Hall–Kier alpha value is -2.76. The van der Waals surface area contributed by atoms with Crippen molar-refractivity contribution in [2.75, 3.05) is 17.7 Å². The number of rotatable bonds is 6. The third kappa shape index (κ3) is 3.62. The predicted octanol–water partition coefficient (Wildman–Crippen LogP) is 3.71. The number of hydrogen-bond donors (Lipinski definition) is 2. The molecule has 21 heavy (non-hydrogen) atoms. The molecule has 2 aromatic rings. The van der Waals surface area contributed by atoms with Crippen molar-refractivity contribution in [3.05, 3.63) is 52.6 Å². The minimum atomic E-state index is -0.490. The van der Waals surface area contributed by atoms with Gasteiger partial charge in [0, 0.05) is 5.69 Å². The van der Waals surface area contributed by atoms with Crippen molar-refractivity contribution >= 4 is 22.7 Å². The van der Waals surface area contributed by atoms with Gasteiger partial charge in [0.25, 0.3) is 0 Å². The molecule has 3 N–H and O–H groups in total. The second-order valence-corrected chi connectivity index (χ2v) is 4.50. The highest BCUT2D eigenvalue weighted by Gasteiger charge is 2.17. The van der Waals surface area contributed by atoms with E-state index in [1.54, 1.807) is 24.3 Å². The lowest BCUT2D eigenvalue weighted by Crippen LogP contribution is -2.01. The molecule has 0 aliphatic rings. The molecule has 0 heterocycles. The van der Waals surface area contributed by atoms with Crippen LogP contribution < -0.4 is 15.8 Å². The normalized spacial score (nSPS) is 10.1. The number of nitrogens with zero attached hydrogens (tertiary/aromatic N) is 1. The van der Waals surface area contributed by atoms with E-state index in [-0.39, 0.29) is 11.4 Å². The number of nitro benzene ring substituents is 1. The summed E-state index contributed by atoms with van der Waals surface area (Å²) in [5.41, 5.74) is 6.76. The van der Waals surface area contributed by atoms with E-state index in [9.17, 15) is 10.1 Å². The quantitative estimate of drug-likeness (QED) is 0.480. The zero-order valence-corrected chi connectivity index (χ0v) is 11.7. The lowest BCUT2D eigenvalue weighted by atomic mass is 10.2. The van der Waals surface area contributed by atoms with Crippen molar-refractivity contribution < 1.29 is 9.66 Å². The molecule has 0 aliphatic heterocycles. The fourth-order valence-corrected chi connectivity index (χ4v) is 1.88. The van der Waals surface area contributed by atoms with E-state index in [1.807, 2.05) is 19.1 Å². The summed E-state index contributed by atoms with van der Waals surface area (Å²) in [4.78, 5) is 10.6. The number of para-hydroxylation sites is 1. The SMILES string of the molecule is CCCOc1ccc(Nc2cccc(N)c2[N+](=O)[O-])cc1. The van der Waals surface area contributed by atoms with Crippen LogP contribution in [0.3, 0.4) is 0 Å². The van der Waals surface area contributed by atoms with Gasteiger partial charge in [-0.05, 0) is 42.8 Å². The first kappa shape index (κ1) is 14.6. The molecule has 0 atom stereocenters. The zero-order chi connectivity index (χ0) is 15.2. The first-order chi connectivity index (χ1) is 10.1. The number of anilines is 3. The van der Waals surface area contributed by atoms with Crippen LogP contribution in [0, 0.1) is 10.1 Å². The van der Waals surface area contributed by atoms with Crippen molar-refractivity contribution in [1.82, 2.24) is 0 Å². The van der Waals surface area contributed by atoms with Crippen LogP contribution in [-0.4, -0.2) is 11.5 Å². The highest BCUT2D eigenvalue weighted by atomic mass is 16.6. The van der Waals surface area contributed by atoms with Crippen LogP contribution in [0.25, 0.3) is 0 Å². The molecular formula is C15H17N3O3. The molecular weight excluding hydrogens is 270 g/mol. The second kappa shape index (κ2) is 6.60.